The largest absolute Gasteiger partial charge is 0.379 e. The van der Waals surface area contributed by atoms with Crippen LogP contribution in [0.5, 0.6) is 0 Å². The minimum atomic E-state index is -0.177. The van der Waals surface area contributed by atoms with E-state index in [2.05, 4.69) is 5.32 Å². The second kappa shape index (κ2) is 8.46. The summed E-state index contributed by atoms with van der Waals surface area (Å²) in [6.45, 7) is 4.58. The Labute approximate surface area is 137 Å². The first kappa shape index (κ1) is 17.2. The van der Waals surface area contributed by atoms with Crippen molar-refractivity contribution in [2.45, 2.75) is 25.9 Å². The Morgan fingerprint density at radius 2 is 1.74 bits per heavy atom. The molecule has 23 heavy (non-hydrogen) atoms. The van der Waals surface area contributed by atoms with Gasteiger partial charge >= 0.3 is 0 Å². The Kier molecular flexibility index (Phi) is 6.32. The number of hydrogen-bond donors (Lipinski definition) is 2. The van der Waals surface area contributed by atoms with Crippen LogP contribution in [0.4, 0.5) is 5.69 Å². The van der Waals surface area contributed by atoms with Crippen molar-refractivity contribution in [2.75, 3.05) is 19.0 Å². The first-order chi connectivity index (χ1) is 11.1. The standard InChI is InChI=1S/C19H24N2O2/c1-14(13-23-3)20-15(2)19(22)21-18-12-8-7-11-17(18)16-9-5-4-6-10-16/h4-12,14-15,20H,13H2,1-3H3,(H,21,22)/p+1/t14-,15+/m1/s1. The molecule has 0 bridgehead atoms. The van der Waals surface area contributed by atoms with E-state index in [1.807, 2.05) is 73.8 Å². The molecule has 4 nitrogen and oxygen atoms in total. The molecule has 2 atom stereocenters. The topological polar surface area (TPSA) is 54.9 Å². The van der Waals surface area contributed by atoms with E-state index >= 15 is 0 Å². The first-order valence-electron chi connectivity index (χ1n) is 7.91. The molecule has 2 rings (SSSR count). The highest BCUT2D eigenvalue weighted by Gasteiger charge is 2.20. The fourth-order valence-corrected chi connectivity index (χ4v) is 2.61. The van der Waals surface area contributed by atoms with Gasteiger partial charge in [-0.15, -0.1) is 0 Å². The van der Waals surface area contributed by atoms with Crippen LogP contribution in [-0.4, -0.2) is 31.7 Å². The number of anilines is 1. The Bertz CT molecular complexity index is 628. The molecule has 0 aliphatic rings. The molecular weight excluding hydrogens is 288 g/mol. The number of rotatable bonds is 7. The Morgan fingerprint density at radius 3 is 2.43 bits per heavy atom. The van der Waals surface area contributed by atoms with E-state index in [0.717, 1.165) is 16.8 Å². The van der Waals surface area contributed by atoms with E-state index in [-0.39, 0.29) is 18.0 Å². The lowest BCUT2D eigenvalue weighted by atomic mass is 10.0. The van der Waals surface area contributed by atoms with Gasteiger partial charge in [0.15, 0.2) is 6.04 Å². The SMILES string of the molecule is COC[C@@H](C)[NH2+][C@@H](C)C(=O)Nc1ccccc1-c1ccccc1. The smallest absolute Gasteiger partial charge is 0.282 e. The van der Waals surface area contributed by atoms with E-state index in [9.17, 15) is 4.79 Å². The van der Waals surface area contributed by atoms with Crippen LogP contribution in [0, 0.1) is 0 Å². The molecule has 0 aliphatic heterocycles. The Morgan fingerprint density at radius 1 is 1.09 bits per heavy atom. The number of quaternary nitrogens is 1. The number of carbonyl (C=O) groups excluding carboxylic acids is 1. The van der Waals surface area contributed by atoms with Gasteiger partial charge in [-0.05, 0) is 25.5 Å². The predicted octanol–water partition coefficient (Wildman–Crippen LogP) is 2.28. The van der Waals surface area contributed by atoms with Gasteiger partial charge in [-0.2, -0.15) is 0 Å². The van der Waals surface area contributed by atoms with Gasteiger partial charge in [-0.25, -0.2) is 0 Å². The minimum Gasteiger partial charge on any atom is -0.379 e. The van der Waals surface area contributed by atoms with Gasteiger partial charge < -0.3 is 15.4 Å². The van der Waals surface area contributed by atoms with Crippen LogP contribution < -0.4 is 10.6 Å². The molecular formula is C19H25N2O2+. The zero-order chi connectivity index (χ0) is 16.7. The summed E-state index contributed by atoms with van der Waals surface area (Å²) >= 11 is 0. The van der Waals surface area contributed by atoms with Crippen LogP contribution >= 0.6 is 0 Å². The Hall–Kier alpha value is -2.17. The lowest BCUT2D eigenvalue weighted by Gasteiger charge is -2.17. The van der Waals surface area contributed by atoms with Crippen LogP contribution in [0.25, 0.3) is 11.1 Å². The number of nitrogens with two attached hydrogens (primary N) is 1. The third kappa shape index (κ3) is 4.91. The average molecular weight is 313 g/mol. The quantitative estimate of drug-likeness (QED) is 0.824. The summed E-state index contributed by atoms with van der Waals surface area (Å²) in [5.41, 5.74) is 2.95. The summed E-state index contributed by atoms with van der Waals surface area (Å²) in [7, 11) is 1.67. The maximum Gasteiger partial charge on any atom is 0.282 e. The lowest BCUT2D eigenvalue weighted by Crippen LogP contribution is -2.96. The van der Waals surface area contributed by atoms with E-state index in [1.165, 1.54) is 0 Å². The highest BCUT2D eigenvalue weighted by Crippen LogP contribution is 2.27. The molecule has 0 spiro atoms. The summed E-state index contributed by atoms with van der Waals surface area (Å²) in [6.07, 6.45) is 0. The molecule has 2 aromatic carbocycles. The molecule has 0 fully saturated rings. The molecule has 0 aliphatic carbocycles. The first-order valence-corrected chi connectivity index (χ1v) is 7.91. The van der Waals surface area contributed by atoms with E-state index in [1.54, 1.807) is 7.11 Å². The average Bonchev–Trinajstić information content (AvgIpc) is 2.56. The summed E-state index contributed by atoms with van der Waals surface area (Å²) in [5, 5.41) is 5.06. The number of nitrogens with one attached hydrogen (secondary N) is 1. The fraction of sp³-hybridized carbons (Fsp3) is 0.316. The van der Waals surface area contributed by atoms with Crippen LogP contribution in [0.3, 0.4) is 0 Å². The molecule has 122 valence electrons. The van der Waals surface area contributed by atoms with Crippen LogP contribution in [0.1, 0.15) is 13.8 Å². The van der Waals surface area contributed by atoms with Gasteiger partial charge in [0.2, 0.25) is 0 Å². The van der Waals surface area contributed by atoms with Crippen molar-refractivity contribution in [1.29, 1.82) is 0 Å². The van der Waals surface area contributed by atoms with Crippen molar-refractivity contribution < 1.29 is 14.8 Å². The van der Waals surface area contributed by atoms with Gasteiger partial charge in [0, 0.05) is 18.4 Å². The number of para-hydroxylation sites is 1. The molecule has 4 heteroatoms. The van der Waals surface area contributed by atoms with E-state index < -0.39 is 0 Å². The summed E-state index contributed by atoms with van der Waals surface area (Å²) < 4.78 is 5.12. The third-order valence-corrected chi connectivity index (χ3v) is 3.73. The molecule has 0 saturated heterocycles. The molecule has 0 unspecified atom stereocenters. The van der Waals surface area contributed by atoms with Gasteiger partial charge in [0.1, 0.15) is 6.04 Å². The number of methoxy groups -OCH3 is 1. The molecule has 2 aromatic rings. The van der Waals surface area contributed by atoms with Gasteiger partial charge in [-0.1, -0.05) is 48.5 Å². The van der Waals surface area contributed by atoms with E-state index in [4.69, 9.17) is 4.74 Å². The van der Waals surface area contributed by atoms with Gasteiger partial charge in [-0.3, -0.25) is 4.79 Å². The number of hydrogen-bond acceptors (Lipinski definition) is 2. The molecule has 1 amide bonds. The molecule has 3 N–H and O–H groups in total. The summed E-state index contributed by atoms with van der Waals surface area (Å²) in [6, 6.07) is 18.0. The van der Waals surface area contributed by atoms with Crippen molar-refractivity contribution in [3.8, 4) is 11.1 Å². The fourth-order valence-electron chi connectivity index (χ4n) is 2.61. The van der Waals surface area contributed by atoms with Crippen LogP contribution in [0.2, 0.25) is 0 Å². The number of benzene rings is 2. The number of ether oxygens (including phenoxy) is 1. The maximum atomic E-state index is 12.5. The molecule has 0 saturated carbocycles. The lowest BCUT2D eigenvalue weighted by molar-refractivity contribution is -0.704. The maximum absolute atomic E-state index is 12.5. The number of carbonyl (C=O) groups is 1. The number of amides is 1. The zero-order valence-electron chi connectivity index (χ0n) is 14.0. The van der Waals surface area contributed by atoms with E-state index in [0.29, 0.717) is 6.61 Å². The predicted molar refractivity (Wildman–Crippen MR) is 93.2 cm³/mol. The molecule has 0 aromatic heterocycles. The van der Waals surface area contributed by atoms with Crippen LogP contribution in [0.15, 0.2) is 54.6 Å². The zero-order valence-corrected chi connectivity index (χ0v) is 14.0. The second-order valence-corrected chi connectivity index (χ2v) is 5.81. The highest BCUT2D eigenvalue weighted by molar-refractivity contribution is 5.97. The molecule has 0 radical (unpaired) electrons. The van der Waals surface area contributed by atoms with Crippen molar-refractivity contribution in [2.24, 2.45) is 0 Å². The van der Waals surface area contributed by atoms with Crippen molar-refractivity contribution in [3.63, 3.8) is 0 Å². The van der Waals surface area contributed by atoms with Crippen LogP contribution in [-0.2, 0) is 9.53 Å². The second-order valence-electron chi connectivity index (χ2n) is 5.81. The third-order valence-electron chi connectivity index (χ3n) is 3.73. The highest BCUT2D eigenvalue weighted by atomic mass is 16.5. The van der Waals surface area contributed by atoms with Gasteiger partial charge in [0.05, 0.1) is 6.61 Å². The van der Waals surface area contributed by atoms with Crippen molar-refractivity contribution in [1.82, 2.24) is 0 Å². The van der Waals surface area contributed by atoms with Crippen molar-refractivity contribution in [3.05, 3.63) is 54.6 Å². The molecule has 0 heterocycles. The van der Waals surface area contributed by atoms with Crippen molar-refractivity contribution >= 4 is 11.6 Å². The Balaban J connectivity index is 2.10. The monoisotopic (exact) mass is 313 g/mol. The summed E-state index contributed by atoms with van der Waals surface area (Å²) in [4.78, 5) is 12.5. The normalized spacial score (nSPS) is 13.3. The summed E-state index contributed by atoms with van der Waals surface area (Å²) in [5.74, 6) is -0.00339. The minimum absolute atomic E-state index is 0.00339. The van der Waals surface area contributed by atoms with Gasteiger partial charge in [0.25, 0.3) is 5.91 Å².